The van der Waals surface area contributed by atoms with Crippen molar-refractivity contribution in [1.82, 2.24) is 20.0 Å². The topological polar surface area (TPSA) is 108 Å². The molecular weight excluding hydrogens is 362 g/mol. The molecule has 1 aromatic carbocycles. The van der Waals surface area contributed by atoms with Gasteiger partial charge in [-0.05, 0) is 31.5 Å². The summed E-state index contributed by atoms with van der Waals surface area (Å²) in [6.45, 7) is 3.61. The molecular formula is C19H23N5O4. The summed E-state index contributed by atoms with van der Waals surface area (Å²) in [5, 5.41) is 17.1. The minimum Gasteiger partial charge on any atom is -0.465 e. The number of hydrogen-bond acceptors (Lipinski definition) is 5. The number of piperidine rings is 1. The van der Waals surface area contributed by atoms with Gasteiger partial charge in [0.15, 0.2) is 0 Å². The Morgan fingerprint density at radius 1 is 1.29 bits per heavy atom. The van der Waals surface area contributed by atoms with Gasteiger partial charge in [-0.1, -0.05) is 0 Å². The Bertz CT molecular complexity index is 969. The maximum atomic E-state index is 12.3. The lowest BCUT2D eigenvalue weighted by Crippen LogP contribution is -2.53. The number of rotatable bonds is 2. The second-order valence-corrected chi connectivity index (χ2v) is 7.48. The zero-order chi connectivity index (χ0) is 20.0. The number of anilines is 1. The normalized spacial score (nSPS) is 23.2. The van der Waals surface area contributed by atoms with E-state index in [0.717, 1.165) is 16.6 Å². The van der Waals surface area contributed by atoms with Gasteiger partial charge >= 0.3 is 6.09 Å². The number of imide groups is 1. The minimum atomic E-state index is -0.886. The minimum absolute atomic E-state index is 0.0903. The van der Waals surface area contributed by atoms with Gasteiger partial charge in [0.25, 0.3) is 0 Å². The lowest BCUT2D eigenvalue weighted by atomic mass is 9.93. The zero-order valence-electron chi connectivity index (χ0n) is 15.9. The predicted molar refractivity (Wildman–Crippen MR) is 102 cm³/mol. The molecule has 2 saturated heterocycles. The van der Waals surface area contributed by atoms with Crippen molar-refractivity contribution in [1.29, 1.82) is 0 Å². The van der Waals surface area contributed by atoms with Gasteiger partial charge in [-0.2, -0.15) is 5.10 Å². The van der Waals surface area contributed by atoms with E-state index < -0.39 is 12.0 Å². The van der Waals surface area contributed by atoms with Crippen LogP contribution in [0.1, 0.15) is 31.4 Å². The summed E-state index contributed by atoms with van der Waals surface area (Å²) in [6.07, 6.45) is -0.103. The van der Waals surface area contributed by atoms with Crippen molar-refractivity contribution in [3.8, 4) is 0 Å². The molecule has 9 heteroatoms. The van der Waals surface area contributed by atoms with E-state index in [-0.39, 0.29) is 17.9 Å². The molecule has 0 aliphatic carbocycles. The Morgan fingerprint density at radius 3 is 2.75 bits per heavy atom. The van der Waals surface area contributed by atoms with Gasteiger partial charge in [-0.25, -0.2) is 4.79 Å². The third-order valence-electron chi connectivity index (χ3n) is 5.67. The number of amides is 3. The number of nitrogens with one attached hydrogen (secondary N) is 1. The van der Waals surface area contributed by atoms with Crippen molar-refractivity contribution >= 4 is 34.5 Å². The number of piperazine rings is 1. The van der Waals surface area contributed by atoms with Crippen LogP contribution in [0.3, 0.4) is 0 Å². The van der Waals surface area contributed by atoms with Crippen LogP contribution in [0.5, 0.6) is 0 Å². The number of aryl methyl sites for hydroxylation is 1. The van der Waals surface area contributed by atoms with Gasteiger partial charge < -0.3 is 14.9 Å². The molecule has 2 aliphatic rings. The quantitative estimate of drug-likeness (QED) is 0.754. The Morgan fingerprint density at radius 2 is 2.07 bits per heavy atom. The van der Waals surface area contributed by atoms with Crippen molar-refractivity contribution in [2.45, 2.75) is 31.7 Å². The van der Waals surface area contributed by atoms with Crippen LogP contribution in [0, 0.1) is 0 Å². The highest BCUT2D eigenvalue weighted by molar-refractivity contribution is 6.02. The monoisotopic (exact) mass is 385 g/mol. The van der Waals surface area contributed by atoms with E-state index in [1.807, 2.05) is 32.2 Å². The summed E-state index contributed by atoms with van der Waals surface area (Å²) < 4.78 is 1.76. The fourth-order valence-electron chi connectivity index (χ4n) is 4.16. The van der Waals surface area contributed by atoms with E-state index >= 15 is 0 Å². The maximum Gasteiger partial charge on any atom is 0.407 e. The fraction of sp³-hybridized carbons (Fsp3) is 0.474. The van der Waals surface area contributed by atoms with Crippen LogP contribution >= 0.6 is 0 Å². The Balaban J connectivity index is 1.62. The standard InChI is InChI=1S/C19H23N5O4/c1-11-10-23(7-8-24(11)19(27)28)12-3-4-13-15(9-12)22(2)21-17(13)14-5-6-16(25)20-18(14)26/h3-4,9,11,14H,5-8,10H2,1-2H3,(H,27,28)(H,20,25,26)/t11-,14?/m1/s1. The van der Waals surface area contributed by atoms with Crippen LogP contribution in [0.25, 0.3) is 10.9 Å². The summed E-state index contributed by atoms with van der Waals surface area (Å²) in [7, 11) is 1.84. The summed E-state index contributed by atoms with van der Waals surface area (Å²) in [4.78, 5) is 38.6. The van der Waals surface area contributed by atoms with Gasteiger partial charge in [0.1, 0.15) is 0 Å². The van der Waals surface area contributed by atoms with E-state index in [1.165, 1.54) is 4.90 Å². The first kappa shape index (κ1) is 18.3. The van der Waals surface area contributed by atoms with Crippen molar-refractivity contribution in [3.05, 3.63) is 23.9 Å². The molecule has 3 amide bonds. The largest absolute Gasteiger partial charge is 0.465 e. The smallest absolute Gasteiger partial charge is 0.407 e. The summed E-state index contributed by atoms with van der Waals surface area (Å²) in [5.41, 5.74) is 2.60. The molecule has 1 unspecified atom stereocenters. The van der Waals surface area contributed by atoms with Crippen molar-refractivity contribution in [2.75, 3.05) is 24.5 Å². The van der Waals surface area contributed by atoms with Crippen LogP contribution in [-0.2, 0) is 16.6 Å². The average Bonchev–Trinajstić information content (AvgIpc) is 2.97. The SMILES string of the molecule is C[C@@H]1CN(c2ccc3c(C4CCC(=O)NC4=O)nn(C)c3c2)CCN1C(=O)O. The van der Waals surface area contributed by atoms with Gasteiger partial charge in [0.05, 0.1) is 17.1 Å². The van der Waals surface area contributed by atoms with Gasteiger partial charge in [0, 0.05) is 50.2 Å². The number of fused-ring (bicyclic) bond motifs is 1. The number of carboxylic acid groups (broad SMARTS) is 1. The molecule has 9 nitrogen and oxygen atoms in total. The molecule has 2 atom stereocenters. The van der Waals surface area contributed by atoms with Gasteiger partial charge in [-0.15, -0.1) is 0 Å². The molecule has 28 heavy (non-hydrogen) atoms. The molecule has 4 rings (SSSR count). The van der Waals surface area contributed by atoms with Crippen LogP contribution < -0.4 is 10.2 Å². The van der Waals surface area contributed by atoms with E-state index in [2.05, 4.69) is 15.3 Å². The highest BCUT2D eigenvalue weighted by Gasteiger charge is 2.32. The number of carbonyl (C=O) groups is 3. The Labute approximate surface area is 161 Å². The number of benzene rings is 1. The molecule has 0 bridgehead atoms. The Hall–Kier alpha value is -3.10. The fourth-order valence-corrected chi connectivity index (χ4v) is 4.16. The van der Waals surface area contributed by atoms with E-state index in [1.54, 1.807) is 4.68 Å². The first-order chi connectivity index (χ1) is 13.3. The lowest BCUT2D eigenvalue weighted by molar-refractivity contribution is -0.134. The summed E-state index contributed by atoms with van der Waals surface area (Å²) in [6, 6.07) is 5.89. The van der Waals surface area contributed by atoms with Crippen LogP contribution in [0.2, 0.25) is 0 Å². The zero-order valence-corrected chi connectivity index (χ0v) is 15.9. The van der Waals surface area contributed by atoms with Crippen molar-refractivity contribution in [2.24, 2.45) is 7.05 Å². The lowest BCUT2D eigenvalue weighted by Gasteiger charge is -2.39. The van der Waals surface area contributed by atoms with E-state index in [4.69, 9.17) is 0 Å². The second kappa shape index (κ2) is 6.81. The number of carbonyl (C=O) groups excluding carboxylic acids is 2. The van der Waals surface area contributed by atoms with E-state index in [0.29, 0.717) is 38.2 Å². The molecule has 3 heterocycles. The van der Waals surface area contributed by atoms with E-state index in [9.17, 15) is 19.5 Å². The molecule has 1 aromatic heterocycles. The Kier molecular flexibility index (Phi) is 4.44. The van der Waals surface area contributed by atoms with Crippen molar-refractivity contribution < 1.29 is 19.5 Å². The van der Waals surface area contributed by atoms with Crippen LogP contribution in [0.4, 0.5) is 10.5 Å². The van der Waals surface area contributed by atoms with Crippen molar-refractivity contribution in [3.63, 3.8) is 0 Å². The second-order valence-electron chi connectivity index (χ2n) is 7.48. The molecule has 148 valence electrons. The summed E-state index contributed by atoms with van der Waals surface area (Å²) >= 11 is 0. The molecule has 0 saturated carbocycles. The predicted octanol–water partition coefficient (Wildman–Crippen LogP) is 1.28. The number of hydrogen-bond donors (Lipinski definition) is 2. The number of aromatic nitrogens is 2. The molecule has 2 aliphatic heterocycles. The molecule has 2 N–H and O–H groups in total. The van der Waals surface area contributed by atoms with Gasteiger partial charge in [-0.3, -0.25) is 19.6 Å². The highest BCUT2D eigenvalue weighted by atomic mass is 16.4. The first-order valence-corrected chi connectivity index (χ1v) is 9.40. The third kappa shape index (κ3) is 3.06. The summed E-state index contributed by atoms with van der Waals surface area (Å²) in [5.74, 6) is -0.955. The first-order valence-electron chi connectivity index (χ1n) is 9.40. The van der Waals surface area contributed by atoms with Gasteiger partial charge in [0.2, 0.25) is 11.8 Å². The van der Waals surface area contributed by atoms with Crippen LogP contribution in [0.15, 0.2) is 18.2 Å². The maximum absolute atomic E-state index is 12.3. The molecule has 2 fully saturated rings. The molecule has 0 radical (unpaired) electrons. The third-order valence-corrected chi connectivity index (χ3v) is 5.67. The molecule has 0 spiro atoms. The molecule has 2 aromatic rings. The number of nitrogens with zero attached hydrogens (tertiary/aromatic N) is 4. The van der Waals surface area contributed by atoms with Crippen LogP contribution in [-0.4, -0.2) is 63.4 Å². The average molecular weight is 385 g/mol. The highest BCUT2D eigenvalue weighted by Crippen LogP contribution is 2.32.